The van der Waals surface area contributed by atoms with Crippen LogP contribution in [-0.2, 0) is 12.4 Å². The van der Waals surface area contributed by atoms with Crippen LogP contribution in [0.2, 0.25) is 0 Å². The molecular weight excluding hydrogens is 300 g/mol. The monoisotopic (exact) mass is 315 g/mol. The number of aliphatic hydroxyl groups is 1. The third-order valence-corrected chi connectivity index (χ3v) is 2.73. The number of benzene rings is 1. The molecule has 0 saturated heterocycles. The van der Waals surface area contributed by atoms with Crippen molar-refractivity contribution in [2.45, 2.75) is 38.3 Å². The van der Waals surface area contributed by atoms with Gasteiger partial charge in [0.2, 0.25) is 0 Å². The summed E-state index contributed by atoms with van der Waals surface area (Å²) in [7, 11) is 0. The molecule has 21 heavy (non-hydrogen) atoms. The summed E-state index contributed by atoms with van der Waals surface area (Å²) >= 11 is 0. The van der Waals surface area contributed by atoms with Gasteiger partial charge < -0.3 is 10.4 Å². The minimum absolute atomic E-state index is 0.0628. The van der Waals surface area contributed by atoms with Crippen LogP contribution in [0.3, 0.4) is 0 Å². The zero-order chi connectivity index (χ0) is 16.4. The lowest BCUT2D eigenvalue weighted by atomic mass is 9.99. The molecule has 120 valence electrons. The third kappa shape index (κ3) is 4.89. The number of aliphatic hydroxyl groups excluding tert-OH is 1. The van der Waals surface area contributed by atoms with E-state index in [0.717, 1.165) is 0 Å². The highest BCUT2D eigenvalue weighted by Gasteiger charge is 2.37. The predicted molar refractivity (Wildman–Crippen MR) is 64.5 cm³/mol. The van der Waals surface area contributed by atoms with Gasteiger partial charge in [-0.25, -0.2) is 0 Å². The summed E-state index contributed by atoms with van der Waals surface area (Å²) in [6.07, 6.45) is -9.79. The molecule has 0 aliphatic rings. The van der Waals surface area contributed by atoms with Crippen molar-refractivity contribution in [1.82, 2.24) is 5.32 Å². The fourth-order valence-electron chi connectivity index (χ4n) is 1.84. The molecule has 2 nitrogen and oxygen atoms in total. The molecule has 0 amide bonds. The zero-order valence-electron chi connectivity index (χ0n) is 11.3. The fourth-order valence-corrected chi connectivity index (χ4v) is 1.84. The van der Waals surface area contributed by atoms with E-state index in [9.17, 15) is 31.4 Å². The Hall–Kier alpha value is -1.28. The Bertz CT molecular complexity index is 448. The molecule has 8 heteroatoms. The van der Waals surface area contributed by atoms with E-state index in [2.05, 4.69) is 5.32 Å². The largest absolute Gasteiger partial charge is 0.416 e. The molecule has 0 saturated carbocycles. The Labute approximate surface area is 117 Å². The molecule has 2 N–H and O–H groups in total. The van der Waals surface area contributed by atoms with Crippen molar-refractivity contribution >= 4 is 0 Å². The highest BCUT2D eigenvalue weighted by molar-refractivity contribution is 5.35. The summed E-state index contributed by atoms with van der Waals surface area (Å²) in [6.45, 7) is 2.72. The summed E-state index contributed by atoms with van der Waals surface area (Å²) in [6, 6.07) is 0.0732. The van der Waals surface area contributed by atoms with E-state index in [4.69, 9.17) is 0 Å². The Balaban J connectivity index is 3.37. The van der Waals surface area contributed by atoms with Crippen LogP contribution in [0.5, 0.6) is 0 Å². The van der Waals surface area contributed by atoms with Crippen molar-refractivity contribution in [2.75, 3.05) is 6.61 Å². The molecule has 0 spiro atoms. The van der Waals surface area contributed by atoms with E-state index in [1.54, 1.807) is 13.8 Å². The molecular formula is C13H15F6NO. The molecule has 0 radical (unpaired) electrons. The van der Waals surface area contributed by atoms with Crippen molar-refractivity contribution in [2.24, 2.45) is 0 Å². The number of hydrogen-bond acceptors (Lipinski definition) is 2. The van der Waals surface area contributed by atoms with Gasteiger partial charge in [-0.15, -0.1) is 0 Å². The highest BCUT2D eigenvalue weighted by atomic mass is 19.4. The summed E-state index contributed by atoms with van der Waals surface area (Å²) in [5.41, 5.74) is -3.04. The number of halogens is 6. The first-order chi connectivity index (χ1) is 9.45. The lowest BCUT2D eigenvalue weighted by Gasteiger charge is -2.22. The average molecular weight is 315 g/mol. The van der Waals surface area contributed by atoms with E-state index < -0.39 is 36.1 Å². The second kappa shape index (κ2) is 6.23. The van der Waals surface area contributed by atoms with Crippen LogP contribution >= 0.6 is 0 Å². The van der Waals surface area contributed by atoms with E-state index in [1.165, 1.54) is 0 Å². The van der Waals surface area contributed by atoms with Gasteiger partial charge in [-0.3, -0.25) is 0 Å². The predicted octanol–water partition coefficient (Wildman–Crippen LogP) is 3.76. The molecule has 1 unspecified atom stereocenters. The van der Waals surface area contributed by atoms with Gasteiger partial charge in [0, 0.05) is 6.04 Å². The zero-order valence-corrected chi connectivity index (χ0v) is 11.3. The normalized spacial score (nSPS) is 14.6. The first-order valence-electron chi connectivity index (χ1n) is 6.11. The van der Waals surface area contributed by atoms with E-state index in [0.29, 0.717) is 12.1 Å². The molecule has 1 rings (SSSR count). The molecule has 1 aromatic carbocycles. The quantitative estimate of drug-likeness (QED) is 0.829. The van der Waals surface area contributed by atoms with Crippen molar-refractivity contribution < 1.29 is 31.4 Å². The molecule has 0 aliphatic heterocycles. The van der Waals surface area contributed by atoms with Crippen molar-refractivity contribution in [3.05, 3.63) is 34.9 Å². The SMILES string of the molecule is CC(C)NC(CO)c1cc(C(F)(F)F)cc(C(F)(F)F)c1. The van der Waals surface area contributed by atoms with Gasteiger partial charge in [0.05, 0.1) is 23.8 Å². The van der Waals surface area contributed by atoms with Crippen LogP contribution in [0.1, 0.15) is 36.6 Å². The maximum atomic E-state index is 12.7. The molecule has 0 fully saturated rings. The fraction of sp³-hybridized carbons (Fsp3) is 0.538. The lowest BCUT2D eigenvalue weighted by Crippen LogP contribution is -2.31. The van der Waals surface area contributed by atoms with Crippen molar-refractivity contribution in [3.8, 4) is 0 Å². The second-order valence-electron chi connectivity index (χ2n) is 4.90. The number of hydrogen-bond donors (Lipinski definition) is 2. The molecule has 0 aromatic heterocycles. The van der Waals surface area contributed by atoms with Gasteiger partial charge in [-0.05, 0) is 23.8 Å². The van der Waals surface area contributed by atoms with Gasteiger partial charge in [0.1, 0.15) is 0 Å². The van der Waals surface area contributed by atoms with Gasteiger partial charge in [-0.1, -0.05) is 13.8 Å². The van der Waals surface area contributed by atoms with Crippen LogP contribution < -0.4 is 5.32 Å². The topological polar surface area (TPSA) is 32.3 Å². The van der Waals surface area contributed by atoms with Crippen LogP contribution in [0.4, 0.5) is 26.3 Å². The van der Waals surface area contributed by atoms with Gasteiger partial charge >= 0.3 is 12.4 Å². The van der Waals surface area contributed by atoms with E-state index in [-0.39, 0.29) is 17.7 Å². The van der Waals surface area contributed by atoms with Crippen LogP contribution in [0.25, 0.3) is 0 Å². The second-order valence-corrected chi connectivity index (χ2v) is 4.90. The Morgan fingerprint density at radius 2 is 1.38 bits per heavy atom. The Morgan fingerprint density at radius 1 is 0.952 bits per heavy atom. The molecule has 0 bridgehead atoms. The van der Waals surface area contributed by atoms with E-state index >= 15 is 0 Å². The van der Waals surface area contributed by atoms with Gasteiger partial charge in [0.15, 0.2) is 0 Å². The first-order valence-corrected chi connectivity index (χ1v) is 6.11. The molecule has 1 atom stereocenters. The minimum atomic E-state index is -4.89. The maximum absolute atomic E-state index is 12.7. The van der Waals surface area contributed by atoms with Crippen molar-refractivity contribution in [1.29, 1.82) is 0 Å². The number of alkyl halides is 6. The summed E-state index contributed by atoms with van der Waals surface area (Å²) in [5.74, 6) is 0. The molecule has 0 aliphatic carbocycles. The minimum Gasteiger partial charge on any atom is -0.394 e. The van der Waals surface area contributed by atoms with Crippen LogP contribution in [-0.4, -0.2) is 17.8 Å². The Kier molecular flexibility index (Phi) is 5.27. The van der Waals surface area contributed by atoms with Gasteiger partial charge in [0.25, 0.3) is 0 Å². The molecule has 1 aromatic rings. The van der Waals surface area contributed by atoms with Crippen LogP contribution in [0, 0.1) is 0 Å². The smallest absolute Gasteiger partial charge is 0.394 e. The van der Waals surface area contributed by atoms with Crippen LogP contribution in [0.15, 0.2) is 18.2 Å². The van der Waals surface area contributed by atoms with Gasteiger partial charge in [-0.2, -0.15) is 26.3 Å². The Morgan fingerprint density at radius 3 is 1.67 bits per heavy atom. The third-order valence-electron chi connectivity index (χ3n) is 2.73. The van der Waals surface area contributed by atoms with E-state index in [1.807, 2.05) is 0 Å². The highest BCUT2D eigenvalue weighted by Crippen LogP contribution is 2.37. The standard InChI is InChI=1S/C13H15F6NO/c1-7(2)20-11(6-21)8-3-9(12(14,15)16)5-10(4-8)13(17,18)19/h3-5,7,11,20-21H,6H2,1-2H3. The van der Waals surface area contributed by atoms with Crippen molar-refractivity contribution in [3.63, 3.8) is 0 Å². The average Bonchev–Trinajstić information content (AvgIpc) is 2.33. The lowest BCUT2D eigenvalue weighted by molar-refractivity contribution is -0.143. The number of rotatable bonds is 4. The summed E-state index contributed by atoms with van der Waals surface area (Å²) in [4.78, 5) is 0. The first kappa shape index (κ1) is 17.8. The summed E-state index contributed by atoms with van der Waals surface area (Å²) in [5, 5.41) is 11.9. The summed E-state index contributed by atoms with van der Waals surface area (Å²) < 4.78 is 76.3. The maximum Gasteiger partial charge on any atom is 0.416 e. The number of nitrogens with one attached hydrogen (secondary N) is 1. The molecule has 0 heterocycles.